The number of aliphatic hydroxyl groups excluding tert-OH is 2. The van der Waals surface area contributed by atoms with Crippen molar-refractivity contribution < 1.29 is 34.8 Å². The second-order valence-corrected chi connectivity index (χ2v) is 13.3. The summed E-state index contributed by atoms with van der Waals surface area (Å²) in [7, 11) is 3.10. The van der Waals surface area contributed by atoms with Gasteiger partial charge in [0.05, 0.1) is 11.6 Å². The molecule has 1 aromatic rings. The number of carbonyl (C=O) groups excluding carboxylic acids is 3. The number of aliphatic hydroxyl groups is 3. The second kappa shape index (κ2) is 10.5. The molecule has 42 heavy (non-hydrogen) atoms. The SMILES string of the molecule is CN(C)[C@@H]1C(=O)C(C(N)=O)=C(O)[C@@]2(O)C(=O)C3=C(O)c4c(O)c(NCC(C)(C)CN5CCCC5)nc(Cl)c4C[C@H]3C[C@@H]12. The van der Waals surface area contributed by atoms with Gasteiger partial charge in [0.1, 0.15) is 22.2 Å². The van der Waals surface area contributed by atoms with Gasteiger partial charge in [-0.1, -0.05) is 25.4 Å². The molecule has 1 saturated heterocycles. The van der Waals surface area contributed by atoms with E-state index in [4.69, 9.17) is 17.3 Å². The number of likely N-dealkylation sites (N-methyl/N-ethyl adjacent to an activating group) is 1. The normalized spacial score (nSPS) is 28.2. The molecule has 1 amide bonds. The zero-order valence-corrected chi connectivity index (χ0v) is 25.0. The van der Waals surface area contributed by atoms with Crippen LogP contribution >= 0.6 is 11.6 Å². The van der Waals surface area contributed by atoms with Crippen LogP contribution in [0.15, 0.2) is 16.9 Å². The first-order chi connectivity index (χ1) is 19.6. The number of rotatable bonds is 7. The zero-order chi connectivity index (χ0) is 30.9. The number of halogens is 1. The molecule has 12 nitrogen and oxygen atoms in total. The highest BCUT2D eigenvalue weighted by atomic mass is 35.5. The summed E-state index contributed by atoms with van der Waals surface area (Å²) in [5.74, 6) is -7.13. The summed E-state index contributed by atoms with van der Waals surface area (Å²) < 4.78 is 0. The highest BCUT2D eigenvalue weighted by Gasteiger charge is 2.64. The monoisotopic (exact) mass is 603 g/mol. The molecule has 5 rings (SSSR count). The fourth-order valence-electron chi connectivity index (χ4n) is 7.20. The van der Waals surface area contributed by atoms with Gasteiger partial charge >= 0.3 is 0 Å². The van der Waals surface area contributed by atoms with Crippen LogP contribution in [-0.2, 0) is 20.8 Å². The van der Waals surface area contributed by atoms with E-state index >= 15 is 0 Å². The van der Waals surface area contributed by atoms with Crippen molar-refractivity contribution in [1.82, 2.24) is 14.8 Å². The van der Waals surface area contributed by atoms with Crippen molar-refractivity contribution in [1.29, 1.82) is 0 Å². The molecule has 13 heteroatoms. The van der Waals surface area contributed by atoms with Crippen LogP contribution in [-0.4, -0.2) is 105 Å². The van der Waals surface area contributed by atoms with Gasteiger partial charge in [-0.25, -0.2) is 4.98 Å². The van der Waals surface area contributed by atoms with E-state index in [0.29, 0.717) is 12.1 Å². The van der Waals surface area contributed by atoms with Gasteiger partial charge in [0.25, 0.3) is 5.91 Å². The predicted molar refractivity (Wildman–Crippen MR) is 155 cm³/mol. The smallest absolute Gasteiger partial charge is 0.255 e. The van der Waals surface area contributed by atoms with Crippen molar-refractivity contribution in [2.24, 2.45) is 23.0 Å². The Morgan fingerprint density at radius 1 is 1.21 bits per heavy atom. The van der Waals surface area contributed by atoms with Crippen molar-refractivity contribution in [2.45, 2.75) is 51.2 Å². The Hall–Kier alpha value is -3.19. The molecule has 0 unspecified atom stereocenters. The van der Waals surface area contributed by atoms with Crippen molar-refractivity contribution in [3.63, 3.8) is 0 Å². The number of amides is 1. The Morgan fingerprint density at radius 2 is 1.86 bits per heavy atom. The number of nitrogens with one attached hydrogen (secondary N) is 1. The van der Waals surface area contributed by atoms with E-state index in [1.165, 1.54) is 17.7 Å². The van der Waals surface area contributed by atoms with E-state index in [2.05, 4.69) is 29.0 Å². The molecule has 0 bridgehead atoms. The van der Waals surface area contributed by atoms with Crippen LogP contribution in [0.4, 0.5) is 5.82 Å². The predicted octanol–water partition coefficient (Wildman–Crippen LogP) is 1.55. The summed E-state index contributed by atoms with van der Waals surface area (Å²) in [4.78, 5) is 47.5. The summed E-state index contributed by atoms with van der Waals surface area (Å²) in [6, 6.07) is -1.15. The van der Waals surface area contributed by atoms with Crippen LogP contribution in [0.1, 0.15) is 44.2 Å². The summed E-state index contributed by atoms with van der Waals surface area (Å²) in [6.07, 6.45) is 2.39. The van der Waals surface area contributed by atoms with Gasteiger partial charge in [-0.3, -0.25) is 19.3 Å². The van der Waals surface area contributed by atoms with Crippen LogP contribution in [0.2, 0.25) is 5.15 Å². The first kappa shape index (κ1) is 30.3. The summed E-state index contributed by atoms with van der Waals surface area (Å²) >= 11 is 6.58. The molecule has 0 aromatic carbocycles. The topological polar surface area (TPSA) is 190 Å². The Kier molecular flexibility index (Phi) is 7.58. The number of aromatic hydroxyl groups is 1. The lowest BCUT2D eigenvalue weighted by Gasteiger charge is -2.50. The van der Waals surface area contributed by atoms with Crippen molar-refractivity contribution in [3.8, 4) is 5.75 Å². The summed E-state index contributed by atoms with van der Waals surface area (Å²) in [5, 5.41) is 48.6. The number of nitrogens with two attached hydrogens (primary N) is 1. The molecule has 228 valence electrons. The minimum absolute atomic E-state index is 0.0203. The molecular formula is C29H38ClN5O7. The van der Waals surface area contributed by atoms with E-state index in [-0.39, 0.29) is 40.4 Å². The Bertz CT molecular complexity index is 1430. The van der Waals surface area contributed by atoms with Gasteiger partial charge in [0.2, 0.25) is 5.78 Å². The Labute approximate surface area is 248 Å². The van der Waals surface area contributed by atoms with Crippen LogP contribution in [0.25, 0.3) is 5.76 Å². The summed E-state index contributed by atoms with van der Waals surface area (Å²) in [6.45, 7) is 7.54. The lowest BCUT2D eigenvalue weighted by molar-refractivity contribution is -0.153. The number of carbonyl (C=O) groups is 3. The molecule has 0 radical (unpaired) electrons. The largest absolute Gasteiger partial charge is 0.508 e. The highest BCUT2D eigenvalue weighted by molar-refractivity contribution is 6.31. The van der Waals surface area contributed by atoms with Crippen LogP contribution in [0.5, 0.6) is 5.75 Å². The fraction of sp³-hybridized carbons (Fsp3) is 0.586. The van der Waals surface area contributed by atoms with E-state index < -0.39 is 63.8 Å². The van der Waals surface area contributed by atoms with E-state index in [1.807, 2.05) is 0 Å². The molecule has 1 aliphatic heterocycles. The Morgan fingerprint density at radius 3 is 2.45 bits per heavy atom. The first-order valence-corrected chi connectivity index (χ1v) is 14.5. The van der Waals surface area contributed by atoms with E-state index in [9.17, 15) is 34.8 Å². The van der Waals surface area contributed by atoms with Gasteiger partial charge in [-0.2, -0.15) is 0 Å². The van der Waals surface area contributed by atoms with Crippen LogP contribution in [0.3, 0.4) is 0 Å². The number of ketones is 2. The maximum atomic E-state index is 14.0. The van der Waals surface area contributed by atoms with Gasteiger partial charge in [-0.15, -0.1) is 0 Å². The molecular weight excluding hydrogens is 566 g/mol. The number of aromatic nitrogens is 1. The number of hydrogen-bond acceptors (Lipinski definition) is 11. The second-order valence-electron chi connectivity index (χ2n) is 12.9. The molecule has 2 fully saturated rings. The number of pyridine rings is 1. The lowest BCUT2D eigenvalue weighted by Crippen LogP contribution is -2.65. The number of fused-ring (bicyclic) bond motifs is 3. The number of Topliss-reactive ketones (excluding diaryl/α,β-unsaturated/α-hetero) is 2. The van der Waals surface area contributed by atoms with E-state index in [0.717, 1.165) is 19.6 Å². The van der Waals surface area contributed by atoms with Crippen molar-refractivity contribution in [2.75, 3.05) is 45.6 Å². The maximum Gasteiger partial charge on any atom is 0.255 e. The zero-order valence-electron chi connectivity index (χ0n) is 24.2. The molecule has 4 aliphatic rings. The third-order valence-corrected chi connectivity index (χ3v) is 9.43. The van der Waals surface area contributed by atoms with Crippen molar-refractivity contribution in [3.05, 3.63) is 33.2 Å². The van der Waals surface area contributed by atoms with Crippen LogP contribution in [0, 0.1) is 17.3 Å². The van der Waals surface area contributed by atoms with Gasteiger partial charge in [0, 0.05) is 30.1 Å². The molecule has 3 aliphatic carbocycles. The number of primary amides is 1. The van der Waals surface area contributed by atoms with Gasteiger partial charge in [0.15, 0.2) is 23.0 Å². The quantitative estimate of drug-likeness (QED) is 0.196. The molecule has 0 spiro atoms. The highest BCUT2D eigenvalue weighted by Crippen LogP contribution is 2.53. The molecule has 4 atom stereocenters. The summed E-state index contributed by atoms with van der Waals surface area (Å²) in [5.41, 5.74) is 1.63. The third-order valence-electron chi connectivity index (χ3n) is 9.12. The lowest BCUT2D eigenvalue weighted by atomic mass is 9.57. The van der Waals surface area contributed by atoms with Gasteiger partial charge < -0.3 is 36.4 Å². The average molecular weight is 604 g/mol. The average Bonchev–Trinajstić information content (AvgIpc) is 3.39. The van der Waals surface area contributed by atoms with Gasteiger partial charge in [-0.05, 0) is 64.2 Å². The third kappa shape index (κ3) is 4.64. The molecule has 1 aromatic heterocycles. The minimum atomic E-state index is -2.70. The number of anilines is 1. The Balaban J connectivity index is 1.55. The number of nitrogens with zero attached hydrogens (tertiary/aromatic N) is 3. The first-order valence-electron chi connectivity index (χ1n) is 14.1. The van der Waals surface area contributed by atoms with Crippen molar-refractivity contribution >= 4 is 40.7 Å². The molecule has 7 N–H and O–H groups in total. The minimum Gasteiger partial charge on any atom is -0.508 e. The number of likely N-dealkylation sites (tertiary alicyclic amines) is 1. The fourth-order valence-corrected chi connectivity index (χ4v) is 7.46. The maximum absolute atomic E-state index is 14.0. The molecule has 1 saturated carbocycles. The van der Waals surface area contributed by atoms with Crippen LogP contribution < -0.4 is 11.1 Å². The standard InChI is InChI=1S/C29H38ClN5O7/c1-28(2,12-35-7-5-6-8-35)11-32-27-22(38)17-14(25(30)33-27)9-13-10-15-19(34(3)4)21(37)18(26(31)41)24(40)29(15,42)23(39)16(13)20(17)36/h13,15,19,36,38,40,42H,5-12H2,1-4H3,(H2,31,41)(H,32,33)/t13-,15-,19-,29-/m0/s1. The van der Waals surface area contributed by atoms with E-state index in [1.54, 1.807) is 14.1 Å². The molecule has 2 heterocycles. The number of hydrogen-bond donors (Lipinski definition) is 6.